The van der Waals surface area contributed by atoms with E-state index in [1.807, 2.05) is 25.9 Å². The number of aliphatic hydroxyl groups is 1. The number of hydrogen-bond donors (Lipinski definition) is 1. The first-order valence-electron chi connectivity index (χ1n) is 12.1. The highest BCUT2D eigenvalue weighted by molar-refractivity contribution is 6.46. The van der Waals surface area contributed by atoms with Gasteiger partial charge in [-0.05, 0) is 63.3 Å². The molecular weight excluding hydrogens is 460 g/mol. The van der Waals surface area contributed by atoms with Crippen molar-refractivity contribution in [3.63, 3.8) is 0 Å². The molecule has 0 unspecified atom stereocenters. The number of ketones is 1. The van der Waals surface area contributed by atoms with Crippen molar-refractivity contribution in [2.45, 2.75) is 32.7 Å². The Kier molecular flexibility index (Phi) is 8.98. The molecule has 0 aliphatic carbocycles. The molecule has 1 heterocycles. The van der Waals surface area contributed by atoms with Crippen molar-refractivity contribution in [1.82, 2.24) is 9.80 Å². The van der Waals surface area contributed by atoms with Crippen LogP contribution in [0.1, 0.15) is 42.5 Å². The lowest BCUT2D eigenvalue weighted by Gasteiger charge is -2.27. The van der Waals surface area contributed by atoms with E-state index in [1.165, 1.54) is 12.0 Å². The molecular formula is C28H36N2O6. The van der Waals surface area contributed by atoms with Gasteiger partial charge in [-0.25, -0.2) is 0 Å². The lowest BCUT2D eigenvalue weighted by molar-refractivity contribution is -0.140. The van der Waals surface area contributed by atoms with E-state index < -0.39 is 17.7 Å². The second-order valence-electron chi connectivity index (χ2n) is 9.09. The van der Waals surface area contributed by atoms with Gasteiger partial charge < -0.3 is 29.1 Å². The zero-order valence-electron chi connectivity index (χ0n) is 22.0. The van der Waals surface area contributed by atoms with Gasteiger partial charge >= 0.3 is 0 Å². The molecule has 1 aliphatic heterocycles. The van der Waals surface area contributed by atoms with Gasteiger partial charge in [0.1, 0.15) is 23.0 Å². The molecule has 2 aromatic rings. The van der Waals surface area contributed by atoms with Crippen molar-refractivity contribution >= 4 is 17.4 Å². The summed E-state index contributed by atoms with van der Waals surface area (Å²) >= 11 is 0. The molecule has 1 fully saturated rings. The van der Waals surface area contributed by atoms with Gasteiger partial charge in [-0.3, -0.25) is 9.59 Å². The molecule has 1 aliphatic rings. The summed E-state index contributed by atoms with van der Waals surface area (Å²) in [5.41, 5.74) is 1.89. The van der Waals surface area contributed by atoms with Crippen LogP contribution in [0.5, 0.6) is 17.2 Å². The predicted molar refractivity (Wildman–Crippen MR) is 139 cm³/mol. The van der Waals surface area contributed by atoms with E-state index in [0.717, 1.165) is 24.2 Å². The number of likely N-dealkylation sites (tertiary alicyclic amines) is 1. The minimum atomic E-state index is -0.813. The van der Waals surface area contributed by atoms with Crippen LogP contribution in [0.25, 0.3) is 5.76 Å². The van der Waals surface area contributed by atoms with Crippen LogP contribution in [-0.4, -0.2) is 74.6 Å². The summed E-state index contributed by atoms with van der Waals surface area (Å²) < 4.78 is 16.7. The number of methoxy groups -OCH3 is 2. The second-order valence-corrected chi connectivity index (χ2v) is 9.09. The van der Waals surface area contributed by atoms with E-state index in [4.69, 9.17) is 14.2 Å². The number of benzene rings is 2. The molecule has 36 heavy (non-hydrogen) atoms. The van der Waals surface area contributed by atoms with Crippen LogP contribution < -0.4 is 14.2 Å². The molecule has 0 radical (unpaired) electrons. The molecule has 1 amide bonds. The number of amides is 1. The van der Waals surface area contributed by atoms with Crippen molar-refractivity contribution in [1.29, 1.82) is 0 Å². The van der Waals surface area contributed by atoms with Crippen LogP contribution in [0.4, 0.5) is 0 Å². The highest BCUT2D eigenvalue weighted by atomic mass is 16.5. The number of Topliss-reactive ketones (excluding diaryl/α,β-unsaturated/α-hetero) is 1. The summed E-state index contributed by atoms with van der Waals surface area (Å²) in [5.74, 6) is 0.146. The summed E-state index contributed by atoms with van der Waals surface area (Å²) in [5, 5.41) is 11.4. The molecule has 8 heteroatoms. The van der Waals surface area contributed by atoms with Crippen molar-refractivity contribution in [2.24, 2.45) is 0 Å². The van der Waals surface area contributed by atoms with E-state index in [1.54, 1.807) is 43.5 Å². The molecule has 2 aromatic carbocycles. The van der Waals surface area contributed by atoms with Gasteiger partial charge in [-0.2, -0.15) is 0 Å². The van der Waals surface area contributed by atoms with E-state index in [0.29, 0.717) is 42.3 Å². The predicted octanol–water partition coefficient (Wildman–Crippen LogP) is 4.17. The standard InChI is InChI=1S/C28H36N2O6/c1-7-8-15-36-22-12-9-19(16-18(22)2)26(31)24-25(21-11-10-20(34-5)17-23(21)35-6)30(14-13-29(3)4)28(33)27(24)32/h9-12,16-17,25,31H,7-8,13-15H2,1-6H3/b26-24+/t25-/m1/s1. The number of likely N-dealkylation sites (N-methyl/N-ethyl adjacent to an activating group) is 1. The number of nitrogens with zero attached hydrogens (tertiary/aromatic N) is 2. The molecule has 0 spiro atoms. The van der Waals surface area contributed by atoms with Gasteiger partial charge in [0.2, 0.25) is 0 Å². The van der Waals surface area contributed by atoms with Crippen LogP contribution in [0, 0.1) is 6.92 Å². The number of ether oxygens (including phenoxy) is 3. The number of unbranched alkanes of at least 4 members (excludes halogenated alkanes) is 1. The third-order valence-corrected chi connectivity index (χ3v) is 6.27. The van der Waals surface area contributed by atoms with Crippen LogP contribution in [0.2, 0.25) is 0 Å². The topological polar surface area (TPSA) is 88.5 Å². The summed E-state index contributed by atoms with van der Waals surface area (Å²) in [7, 11) is 6.86. The van der Waals surface area contributed by atoms with Gasteiger partial charge in [0, 0.05) is 30.3 Å². The van der Waals surface area contributed by atoms with Crippen molar-refractivity contribution in [2.75, 3.05) is 48.0 Å². The molecule has 3 rings (SSSR count). The van der Waals surface area contributed by atoms with E-state index in [9.17, 15) is 14.7 Å². The fourth-order valence-corrected chi connectivity index (χ4v) is 4.23. The number of hydrogen-bond acceptors (Lipinski definition) is 7. The number of carbonyl (C=O) groups is 2. The minimum Gasteiger partial charge on any atom is -0.507 e. The highest BCUT2D eigenvalue weighted by Gasteiger charge is 2.47. The van der Waals surface area contributed by atoms with Gasteiger partial charge in [0.15, 0.2) is 0 Å². The smallest absolute Gasteiger partial charge is 0.295 e. The van der Waals surface area contributed by atoms with E-state index in [2.05, 4.69) is 6.92 Å². The van der Waals surface area contributed by atoms with Crippen molar-refractivity contribution in [3.8, 4) is 17.2 Å². The van der Waals surface area contributed by atoms with Gasteiger partial charge in [0.25, 0.3) is 11.7 Å². The van der Waals surface area contributed by atoms with Crippen molar-refractivity contribution < 1.29 is 28.9 Å². The molecule has 0 bridgehead atoms. The Morgan fingerprint density at radius 2 is 1.81 bits per heavy atom. The average molecular weight is 497 g/mol. The molecule has 1 N–H and O–H groups in total. The number of aryl methyl sites for hydroxylation is 1. The normalized spacial score (nSPS) is 17.1. The van der Waals surface area contributed by atoms with Crippen LogP contribution in [0.15, 0.2) is 42.0 Å². The first-order valence-corrected chi connectivity index (χ1v) is 12.1. The molecule has 0 aromatic heterocycles. The summed E-state index contributed by atoms with van der Waals surface area (Å²) in [6.45, 7) is 5.44. The third-order valence-electron chi connectivity index (χ3n) is 6.27. The first kappa shape index (κ1) is 27.1. The van der Waals surface area contributed by atoms with Crippen molar-refractivity contribution in [3.05, 3.63) is 58.7 Å². The second kappa shape index (κ2) is 11.9. The molecule has 194 valence electrons. The lowest BCUT2D eigenvalue weighted by Crippen LogP contribution is -2.35. The largest absolute Gasteiger partial charge is 0.507 e. The molecule has 1 saturated heterocycles. The maximum absolute atomic E-state index is 13.3. The number of carbonyl (C=O) groups excluding carboxylic acids is 2. The van der Waals surface area contributed by atoms with Crippen LogP contribution in [0.3, 0.4) is 0 Å². The number of aliphatic hydroxyl groups excluding tert-OH is 1. The summed E-state index contributed by atoms with van der Waals surface area (Å²) in [4.78, 5) is 29.9. The Labute approximate surface area is 213 Å². The number of rotatable bonds is 11. The molecule has 1 atom stereocenters. The Bertz CT molecular complexity index is 1140. The average Bonchev–Trinajstić information content (AvgIpc) is 3.12. The summed E-state index contributed by atoms with van der Waals surface area (Å²) in [6.07, 6.45) is 1.97. The lowest BCUT2D eigenvalue weighted by atomic mass is 9.94. The monoisotopic (exact) mass is 496 g/mol. The fourth-order valence-electron chi connectivity index (χ4n) is 4.23. The molecule has 0 saturated carbocycles. The maximum atomic E-state index is 13.3. The quantitative estimate of drug-likeness (QED) is 0.216. The zero-order chi connectivity index (χ0) is 26.4. The van der Waals surface area contributed by atoms with Crippen LogP contribution in [-0.2, 0) is 9.59 Å². The third kappa shape index (κ3) is 5.65. The van der Waals surface area contributed by atoms with Gasteiger partial charge in [-0.15, -0.1) is 0 Å². The highest BCUT2D eigenvalue weighted by Crippen LogP contribution is 2.43. The molecule has 8 nitrogen and oxygen atoms in total. The maximum Gasteiger partial charge on any atom is 0.295 e. The SMILES string of the molecule is CCCCOc1ccc(/C(O)=C2\C(=O)C(=O)N(CCN(C)C)[C@@H]2c2ccc(OC)cc2OC)cc1C. The minimum absolute atomic E-state index is 0.0290. The first-order chi connectivity index (χ1) is 17.2. The van der Waals surface area contributed by atoms with Crippen LogP contribution >= 0.6 is 0 Å². The fraction of sp³-hybridized carbons (Fsp3) is 0.429. The van der Waals surface area contributed by atoms with Gasteiger partial charge in [0.05, 0.1) is 32.4 Å². The summed E-state index contributed by atoms with van der Waals surface area (Å²) in [6, 6.07) is 9.66. The van der Waals surface area contributed by atoms with E-state index in [-0.39, 0.29) is 11.3 Å². The van der Waals surface area contributed by atoms with Gasteiger partial charge in [-0.1, -0.05) is 13.3 Å². The Hall–Kier alpha value is -3.52. The van der Waals surface area contributed by atoms with E-state index >= 15 is 0 Å². The Morgan fingerprint density at radius 1 is 1.06 bits per heavy atom. The zero-order valence-corrected chi connectivity index (χ0v) is 22.0. The Balaban J connectivity index is 2.13. The Morgan fingerprint density at radius 3 is 2.42 bits per heavy atom.